The molecule has 1 fully saturated rings. The number of rotatable bonds is 7. The van der Waals surface area contributed by atoms with Gasteiger partial charge in [-0.3, -0.25) is 0 Å². The van der Waals surface area contributed by atoms with E-state index < -0.39 is 0 Å². The predicted octanol–water partition coefficient (Wildman–Crippen LogP) is 1.88. The van der Waals surface area contributed by atoms with Crippen LogP contribution in [0.1, 0.15) is 25.0 Å². The third kappa shape index (κ3) is 3.33. The van der Waals surface area contributed by atoms with Crippen LogP contribution in [0.3, 0.4) is 0 Å². The molecule has 2 rings (SSSR count). The molecule has 0 saturated heterocycles. The Morgan fingerprint density at radius 3 is 2.82 bits per heavy atom. The van der Waals surface area contributed by atoms with Crippen LogP contribution in [0.4, 0.5) is 0 Å². The van der Waals surface area contributed by atoms with Gasteiger partial charge in [0.05, 0.1) is 0 Å². The Hall–Kier alpha value is -0.800. The Balaban J connectivity index is 1.74. The lowest BCUT2D eigenvalue weighted by atomic mass is 9.68. The monoisotopic (exact) mass is 235 g/mol. The highest BCUT2D eigenvalue weighted by molar-refractivity contribution is 5.04. The normalized spacial score (nSPS) is 18.3. The van der Waals surface area contributed by atoms with E-state index in [4.69, 9.17) is 0 Å². The standard InChI is InChI=1S/C14H25N3/c1-15-11-14(7-4-8-14)12-17(2)10-6-13-5-3-9-16-13/h3,5,9,15-16H,4,6-8,10-12H2,1-2H3. The highest BCUT2D eigenvalue weighted by Gasteiger charge is 2.36. The van der Waals surface area contributed by atoms with Crippen molar-refractivity contribution in [1.29, 1.82) is 0 Å². The van der Waals surface area contributed by atoms with E-state index in [0.29, 0.717) is 5.41 Å². The molecule has 0 atom stereocenters. The van der Waals surface area contributed by atoms with Gasteiger partial charge in [-0.15, -0.1) is 0 Å². The fourth-order valence-corrected chi connectivity index (χ4v) is 2.93. The number of likely N-dealkylation sites (N-methyl/N-ethyl adjacent to an activating group) is 1. The van der Waals surface area contributed by atoms with Crippen LogP contribution in [0.2, 0.25) is 0 Å². The molecular formula is C14H25N3. The second-order valence-electron chi connectivity index (χ2n) is 5.57. The van der Waals surface area contributed by atoms with Crippen molar-refractivity contribution in [2.24, 2.45) is 5.41 Å². The molecule has 0 unspecified atom stereocenters. The number of hydrogen-bond acceptors (Lipinski definition) is 2. The van der Waals surface area contributed by atoms with Gasteiger partial charge in [0.1, 0.15) is 0 Å². The van der Waals surface area contributed by atoms with Gasteiger partial charge >= 0.3 is 0 Å². The molecule has 0 aliphatic heterocycles. The summed E-state index contributed by atoms with van der Waals surface area (Å²) in [5, 5.41) is 3.35. The van der Waals surface area contributed by atoms with E-state index in [1.54, 1.807) is 0 Å². The topological polar surface area (TPSA) is 31.1 Å². The molecule has 1 heterocycles. The lowest BCUT2D eigenvalue weighted by molar-refractivity contribution is 0.0802. The lowest BCUT2D eigenvalue weighted by Gasteiger charge is -2.44. The SMILES string of the molecule is CNCC1(CN(C)CCc2ccc[nH]2)CCC1. The summed E-state index contributed by atoms with van der Waals surface area (Å²) in [7, 11) is 4.32. The maximum atomic E-state index is 3.35. The quantitative estimate of drug-likeness (QED) is 0.756. The summed E-state index contributed by atoms with van der Waals surface area (Å²) in [6.45, 7) is 3.54. The van der Waals surface area contributed by atoms with Crippen molar-refractivity contribution < 1.29 is 0 Å². The van der Waals surface area contributed by atoms with Crippen molar-refractivity contribution in [1.82, 2.24) is 15.2 Å². The highest BCUT2D eigenvalue weighted by atomic mass is 15.1. The van der Waals surface area contributed by atoms with Crippen LogP contribution in [0.25, 0.3) is 0 Å². The van der Waals surface area contributed by atoms with E-state index in [1.807, 2.05) is 6.20 Å². The van der Waals surface area contributed by atoms with Gasteiger partial charge in [-0.25, -0.2) is 0 Å². The van der Waals surface area contributed by atoms with Crippen molar-refractivity contribution in [3.8, 4) is 0 Å². The Kier molecular flexibility index (Phi) is 4.24. The van der Waals surface area contributed by atoms with Crippen LogP contribution in [0, 0.1) is 5.41 Å². The van der Waals surface area contributed by atoms with Gasteiger partial charge in [0.25, 0.3) is 0 Å². The number of aromatic nitrogens is 1. The summed E-state index contributed by atoms with van der Waals surface area (Å²) in [5.41, 5.74) is 1.90. The lowest BCUT2D eigenvalue weighted by Crippen LogP contribution is -2.47. The number of nitrogens with zero attached hydrogens (tertiary/aromatic N) is 1. The van der Waals surface area contributed by atoms with Gasteiger partial charge < -0.3 is 15.2 Å². The Labute approximate surface area is 105 Å². The zero-order valence-corrected chi connectivity index (χ0v) is 11.1. The van der Waals surface area contributed by atoms with Crippen LogP contribution in [0.15, 0.2) is 18.3 Å². The second kappa shape index (κ2) is 5.69. The van der Waals surface area contributed by atoms with Crippen molar-refractivity contribution in [3.05, 3.63) is 24.0 Å². The fraction of sp³-hybridized carbons (Fsp3) is 0.714. The zero-order chi connectivity index (χ0) is 12.1. The first-order chi connectivity index (χ1) is 8.24. The summed E-state index contributed by atoms with van der Waals surface area (Å²) in [4.78, 5) is 5.75. The van der Waals surface area contributed by atoms with Gasteiger partial charge in [-0.1, -0.05) is 6.42 Å². The van der Waals surface area contributed by atoms with Gasteiger partial charge in [0.15, 0.2) is 0 Å². The van der Waals surface area contributed by atoms with Crippen LogP contribution < -0.4 is 5.32 Å². The summed E-state index contributed by atoms with van der Waals surface area (Å²) >= 11 is 0. The number of nitrogens with one attached hydrogen (secondary N) is 2. The van der Waals surface area contributed by atoms with Crippen molar-refractivity contribution in [2.75, 3.05) is 33.7 Å². The van der Waals surface area contributed by atoms with E-state index in [-0.39, 0.29) is 0 Å². The Morgan fingerprint density at radius 2 is 2.29 bits per heavy atom. The van der Waals surface area contributed by atoms with Gasteiger partial charge in [-0.05, 0) is 44.5 Å². The van der Waals surface area contributed by atoms with E-state index in [0.717, 1.165) is 13.0 Å². The van der Waals surface area contributed by atoms with E-state index >= 15 is 0 Å². The van der Waals surface area contributed by atoms with Crippen molar-refractivity contribution >= 4 is 0 Å². The first-order valence-corrected chi connectivity index (χ1v) is 6.70. The first-order valence-electron chi connectivity index (χ1n) is 6.70. The van der Waals surface area contributed by atoms with Gasteiger partial charge in [-0.2, -0.15) is 0 Å². The molecule has 1 aromatic heterocycles. The first kappa shape index (κ1) is 12.7. The molecule has 0 amide bonds. The molecule has 2 N–H and O–H groups in total. The number of H-pyrrole nitrogens is 1. The Bertz CT molecular complexity index is 314. The van der Waals surface area contributed by atoms with Crippen LogP contribution >= 0.6 is 0 Å². The molecule has 3 heteroatoms. The molecule has 0 radical (unpaired) electrons. The minimum Gasteiger partial charge on any atom is -0.365 e. The maximum absolute atomic E-state index is 3.35. The third-order valence-electron chi connectivity index (χ3n) is 4.00. The highest BCUT2D eigenvalue weighted by Crippen LogP contribution is 2.40. The van der Waals surface area contributed by atoms with Crippen LogP contribution in [0.5, 0.6) is 0 Å². The van der Waals surface area contributed by atoms with E-state index in [2.05, 4.69) is 41.4 Å². The average Bonchev–Trinajstić information content (AvgIpc) is 2.76. The molecule has 17 heavy (non-hydrogen) atoms. The predicted molar refractivity (Wildman–Crippen MR) is 72.2 cm³/mol. The average molecular weight is 235 g/mol. The molecule has 96 valence electrons. The number of hydrogen-bond donors (Lipinski definition) is 2. The minimum absolute atomic E-state index is 0.555. The van der Waals surface area contributed by atoms with Gasteiger partial charge in [0, 0.05) is 37.9 Å². The van der Waals surface area contributed by atoms with Crippen LogP contribution in [-0.2, 0) is 6.42 Å². The largest absolute Gasteiger partial charge is 0.365 e. The fourth-order valence-electron chi connectivity index (χ4n) is 2.93. The Morgan fingerprint density at radius 1 is 1.47 bits per heavy atom. The molecule has 3 nitrogen and oxygen atoms in total. The summed E-state index contributed by atoms with van der Waals surface area (Å²) in [6, 6.07) is 4.24. The molecule has 1 aromatic rings. The van der Waals surface area contributed by atoms with Crippen molar-refractivity contribution in [3.63, 3.8) is 0 Å². The summed E-state index contributed by atoms with van der Waals surface area (Å²) in [5.74, 6) is 0. The van der Waals surface area contributed by atoms with E-state index in [9.17, 15) is 0 Å². The molecule has 0 spiro atoms. The van der Waals surface area contributed by atoms with Crippen molar-refractivity contribution in [2.45, 2.75) is 25.7 Å². The maximum Gasteiger partial charge on any atom is 0.0159 e. The second-order valence-corrected chi connectivity index (χ2v) is 5.57. The summed E-state index contributed by atoms with van der Waals surface area (Å²) < 4.78 is 0. The number of aromatic amines is 1. The molecule has 0 aromatic carbocycles. The molecular weight excluding hydrogens is 210 g/mol. The molecule has 1 aliphatic carbocycles. The third-order valence-corrected chi connectivity index (χ3v) is 4.00. The summed E-state index contributed by atoms with van der Waals surface area (Å²) in [6.07, 6.45) is 7.32. The molecule has 1 saturated carbocycles. The zero-order valence-electron chi connectivity index (χ0n) is 11.1. The molecule has 0 bridgehead atoms. The smallest absolute Gasteiger partial charge is 0.0159 e. The van der Waals surface area contributed by atoms with Crippen LogP contribution in [-0.4, -0.2) is 43.6 Å². The molecule has 1 aliphatic rings. The van der Waals surface area contributed by atoms with E-state index in [1.165, 1.54) is 38.0 Å². The van der Waals surface area contributed by atoms with Gasteiger partial charge in [0.2, 0.25) is 0 Å². The minimum atomic E-state index is 0.555.